The molecule has 2 heteroatoms. The predicted molar refractivity (Wildman–Crippen MR) is 80.8 cm³/mol. The highest BCUT2D eigenvalue weighted by Crippen LogP contribution is 2.28. The number of rotatable bonds is 4. The Labute approximate surface area is 117 Å². The normalized spacial score (nSPS) is 15.4. The monoisotopic (exact) mass is 264 g/mol. The van der Waals surface area contributed by atoms with Crippen LogP contribution in [-0.2, 0) is 5.41 Å². The Hall–Kier alpha value is -1.02. The van der Waals surface area contributed by atoms with Gasteiger partial charge in [-0.25, -0.2) is 0 Å². The van der Waals surface area contributed by atoms with Gasteiger partial charge in [0.2, 0.25) is 0 Å². The largest absolute Gasteiger partial charge is 0.490 e. The summed E-state index contributed by atoms with van der Waals surface area (Å²) in [5, 5.41) is 10.2. The zero-order valence-electron chi connectivity index (χ0n) is 13.4. The van der Waals surface area contributed by atoms with Gasteiger partial charge in [-0.15, -0.1) is 0 Å². The van der Waals surface area contributed by atoms with Crippen LogP contribution in [0.3, 0.4) is 0 Å². The van der Waals surface area contributed by atoms with E-state index in [4.69, 9.17) is 4.74 Å². The van der Waals surface area contributed by atoms with Crippen molar-refractivity contribution in [1.82, 2.24) is 0 Å². The average Bonchev–Trinajstić information content (AvgIpc) is 2.25. The summed E-state index contributed by atoms with van der Waals surface area (Å²) in [7, 11) is 0. The summed E-state index contributed by atoms with van der Waals surface area (Å²) in [6.45, 7) is 14.8. The minimum absolute atomic E-state index is 0.146. The van der Waals surface area contributed by atoms with Crippen molar-refractivity contribution in [1.29, 1.82) is 0 Å². The third kappa shape index (κ3) is 4.24. The fourth-order valence-electron chi connectivity index (χ4n) is 1.67. The molecule has 0 amide bonds. The van der Waals surface area contributed by atoms with E-state index in [-0.39, 0.29) is 11.3 Å². The lowest BCUT2D eigenvalue weighted by molar-refractivity contribution is -0.0268. The summed E-state index contributed by atoms with van der Waals surface area (Å²) in [5.74, 6) is 1.02. The molecule has 1 aromatic rings. The Balaban J connectivity index is 2.82. The molecule has 19 heavy (non-hydrogen) atoms. The van der Waals surface area contributed by atoms with Gasteiger partial charge in [-0.1, -0.05) is 46.8 Å². The summed E-state index contributed by atoms with van der Waals surface area (Å²) >= 11 is 0. The molecular formula is C17H28O2. The van der Waals surface area contributed by atoms with Gasteiger partial charge in [0.15, 0.2) is 0 Å². The van der Waals surface area contributed by atoms with Gasteiger partial charge in [-0.2, -0.15) is 0 Å². The molecule has 1 atom stereocenters. The first-order chi connectivity index (χ1) is 8.54. The van der Waals surface area contributed by atoms with Crippen LogP contribution in [0.2, 0.25) is 0 Å². The van der Waals surface area contributed by atoms with Gasteiger partial charge in [0, 0.05) is 0 Å². The first-order valence-corrected chi connectivity index (χ1v) is 7.00. The van der Waals surface area contributed by atoms with Crippen molar-refractivity contribution >= 4 is 0 Å². The molecule has 1 aromatic carbocycles. The van der Waals surface area contributed by atoms with Gasteiger partial charge in [-0.3, -0.25) is 0 Å². The number of ether oxygens (including phenoxy) is 1. The van der Waals surface area contributed by atoms with Crippen molar-refractivity contribution in [3.8, 4) is 5.75 Å². The summed E-state index contributed by atoms with van der Waals surface area (Å²) < 4.78 is 5.78. The van der Waals surface area contributed by atoms with Crippen LogP contribution >= 0.6 is 0 Å². The van der Waals surface area contributed by atoms with E-state index in [2.05, 4.69) is 39.8 Å². The molecule has 0 saturated heterocycles. The summed E-state index contributed by atoms with van der Waals surface area (Å²) in [6.07, 6.45) is 0. The fourth-order valence-corrected chi connectivity index (χ4v) is 1.67. The second kappa shape index (κ2) is 5.54. The highest BCUT2D eigenvalue weighted by Gasteiger charge is 2.26. The van der Waals surface area contributed by atoms with Gasteiger partial charge >= 0.3 is 0 Å². The Morgan fingerprint density at radius 1 is 1.16 bits per heavy atom. The van der Waals surface area contributed by atoms with Crippen LogP contribution in [0.4, 0.5) is 0 Å². The van der Waals surface area contributed by atoms with Crippen LogP contribution in [0.15, 0.2) is 18.2 Å². The van der Waals surface area contributed by atoms with Crippen molar-refractivity contribution in [3.63, 3.8) is 0 Å². The molecule has 1 N–H and O–H groups in total. The molecule has 0 fully saturated rings. The standard InChI is InChI=1S/C17H28O2/c1-12(2)17(7,18)11-19-15-9-8-14(10-13(15)3)16(4,5)6/h8-10,12,18H,11H2,1-7H3. The second-order valence-corrected chi connectivity index (χ2v) is 7.03. The van der Waals surface area contributed by atoms with E-state index in [1.54, 1.807) is 0 Å². The molecule has 108 valence electrons. The maximum Gasteiger partial charge on any atom is 0.122 e. The molecule has 0 bridgehead atoms. The van der Waals surface area contributed by atoms with E-state index in [1.807, 2.05) is 26.8 Å². The molecule has 2 nitrogen and oxygen atoms in total. The van der Waals surface area contributed by atoms with Crippen LogP contribution in [0, 0.1) is 12.8 Å². The maximum absolute atomic E-state index is 10.2. The maximum atomic E-state index is 10.2. The topological polar surface area (TPSA) is 29.5 Å². The lowest BCUT2D eigenvalue weighted by Crippen LogP contribution is -2.37. The molecule has 1 rings (SSSR count). The molecule has 0 spiro atoms. The van der Waals surface area contributed by atoms with Gasteiger partial charge in [0.25, 0.3) is 0 Å². The Kier molecular flexibility index (Phi) is 4.67. The molecule has 0 aromatic heterocycles. The SMILES string of the molecule is Cc1cc(C(C)(C)C)ccc1OCC(C)(O)C(C)C. The Bertz CT molecular complexity index is 425. The molecular weight excluding hydrogens is 236 g/mol. The average molecular weight is 264 g/mol. The van der Waals surface area contributed by atoms with E-state index in [0.29, 0.717) is 6.61 Å². The molecule has 0 radical (unpaired) electrons. The highest BCUT2D eigenvalue weighted by atomic mass is 16.5. The third-order valence-corrected chi connectivity index (χ3v) is 3.80. The lowest BCUT2D eigenvalue weighted by Gasteiger charge is -2.28. The molecule has 0 aliphatic heterocycles. The van der Waals surface area contributed by atoms with E-state index in [0.717, 1.165) is 11.3 Å². The van der Waals surface area contributed by atoms with E-state index >= 15 is 0 Å². The summed E-state index contributed by atoms with van der Waals surface area (Å²) in [4.78, 5) is 0. The van der Waals surface area contributed by atoms with E-state index in [9.17, 15) is 5.11 Å². The Morgan fingerprint density at radius 2 is 1.74 bits per heavy atom. The number of aryl methyl sites for hydroxylation is 1. The first-order valence-electron chi connectivity index (χ1n) is 7.00. The molecule has 0 aliphatic rings. The van der Waals surface area contributed by atoms with Gasteiger partial charge in [-0.05, 0) is 42.4 Å². The van der Waals surface area contributed by atoms with Crippen molar-refractivity contribution in [2.45, 2.75) is 59.5 Å². The predicted octanol–water partition coefficient (Wildman–Crippen LogP) is 4.08. The second-order valence-electron chi connectivity index (χ2n) is 7.03. The minimum Gasteiger partial charge on any atom is -0.490 e. The number of hydrogen-bond donors (Lipinski definition) is 1. The van der Waals surface area contributed by atoms with E-state index in [1.165, 1.54) is 5.56 Å². The summed E-state index contributed by atoms with van der Waals surface area (Å²) in [6, 6.07) is 6.28. The summed E-state index contributed by atoms with van der Waals surface area (Å²) in [5.41, 5.74) is 1.77. The quantitative estimate of drug-likeness (QED) is 0.888. The lowest BCUT2D eigenvalue weighted by atomic mass is 9.86. The number of hydrogen-bond acceptors (Lipinski definition) is 2. The van der Waals surface area contributed by atoms with Gasteiger partial charge in [0.1, 0.15) is 12.4 Å². The fraction of sp³-hybridized carbons (Fsp3) is 0.647. The molecule has 0 heterocycles. The van der Waals surface area contributed by atoms with Crippen LogP contribution in [0.25, 0.3) is 0 Å². The van der Waals surface area contributed by atoms with Crippen molar-refractivity contribution in [3.05, 3.63) is 29.3 Å². The Morgan fingerprint density at radius 3 is 2.16 bits per heavy atom. The molecule has 1 unspecified atom stereocenters. The van der Waals surface area contributed by atoms with Crippen LogP contribution in [0.1, 0.15) is 52.7 Å². The highest BCUT2D eigenvalue weighted by molar-refractivity contribution is 5.38. The van der Waals surface area contributed by atoms with Gasteiger partial charge < -0.3 is 9.84 Å². The number of benzene rings is 1. The minimum atomic E-state index is -0.796. The third-order valence-electron chi connectivity index (χ3n) is 3.80. The van der Waals surface area contributed by atoms with Crippen molar-refractivity contribution in [2.75, 3.05) is 6.61 Å². The molecule has 0 saturated carbocycles. The number of aliphatic hydroxyl groups is 1. The zero-order valence-corrected chi connectivity index (χ0v) is 13.4. The first kappa shape index (κ1) is 16.0. The smallest absolute Gasteiger partial charge is 0.122 e. The van der Waals surface area contributed by atoms with Gasteiger partial charge in [0.05, 0.1) is 5.60 Å². The van der Waals surface area contributed by atoms with Crippen LogP contribution < -0.4 is 4.74 Å². The van der Waals surface area contributed by atoms with Crippen molar-refractivity contribution in [2.24, 2.45) is 5.92 Å². The van der Waals surface area contributed by atoms with Crippen molar-refractivity contribution < 1.29 is 9.84 Å². The van der Waals surface area contributed by atoms with Crippen LogP contribution in [-0.4, -0.2) is 17.3 Å². The van der Waals surface area contributed by atoms with E-state index < -0.39 is 5.60 Å². The molecule has 0 aliphatic carbocycles. The zero-order chi connectivity index (χ0) is 14.8. The van der Waals surface area contributed by atoms with Crippen LogP contribution in [0.5, 0.6) is 5.75 Å².